The number of nitrogens with one attached hydrogen (secondary N) is 2. The number of hydrogen-bond donors (Lipinski definition) is 2. The highest BCUT2D eigenvalue weighted by Crippen LogP contribution is 2.12. The predicted molar refractivity (Wildman–Crippen MR) is 68.3 cm³/mol. The van der Waals surface area contributed by atoms with Gasteiger partial charge in [-0.1, -0.05) is 20.3 Å². The lowest BCUT2D eigenvalue weighted by molar-refractivity contribution is 0.396. The molecule has 0 aliphatic carbocycles. The number of aromatic nitrogens is 2. The van der Waals surface area contributed by atoms with E-state index < -0.39 is 0 Å². The van der Waals surface area contributed by atoms with E-state index in [4.69, 9.17) is 0 Å². The van der Waals surface area contributed by atoms with Gasteiger partial charge in [0, 0.05) is 30.1 Å². The Morgan fingerprint density at radius 2 is 2.29 bits per heavy atom. The van der Waals surface area contributed by atoms with Gasteiger partial charge in [0.25, 0.3) is 5.56 Å². The number of H-pyrrole nitrogens is 1. The van der Waals surface area contributed by atoms with Crippen molar-refractivity contribution >= 4 is 0 Å². The third-order valence-electron chi connectivity index (χ3n) is 3.23. The minimum absolute atomic E-state index is 0.0329. The third-order valence-corrected chi connectivity index (χ3v) is 3.23. The molecule has 1 atom stereocenters. The van der Waals surface area contributed by atoms with Crippen molar-refractivity contribution in [2.24, 2.45) is 0 Å². The first-order valence-electron chi connectivity index (χ1n) is 6.48. The molecule has 1 aromatic rings. The highest BCUT2D eigenvalue weighted by atomic mass is 16.1. The molecule has 94 valence electrons. The lowest BCUT2D eigenvalue weighted by Crippen LogP contribution is -2.36. The fraction of sp³-hybridized carbons (Fsp3) is 0.692. The monoisotopic (exact) mass is 235 g/mol. The summed E-state index contributed by atoms with van der Waals surface area (Å²) in [6.07, 6.45) is 4.59. The molecule has 0 saturated carbocycles. The zero-order chi connectivity index (χ0) is 12.3. The molecule has 2 N–H and O–H groups in total. The standard InChI is InChI=1S/C13H21N3O/c1-9(2)13-15-11(8-12(17)16-13)7-10-5-3-4-6-14-10/h8-10,14H,3-7H2,1-2H3,(H,15,16,17). The van der Waals surface area contributed by atoms with Crippen LogP contribution in [0.3, 0.4) is 0 Å². The fourth-order valence-electron chi connectivity index (χ4n) is 2.26. The molecule has 0 aromatic carbocycles. The maximum atomic E-state index is 11.5. The van der Waals surface area contributed by atoms with E-state index in [9.17, 15) is 4.79 Å². The minimum Gasteiger partial charge on any atom is -0.314 e. The molecule has 2 rings (SSSR count). The van der Waals surface area contributed by atoms with E-state index in [1.807, 2.05) is 13.8 Å². The highest BCUT2D eigenvalue weighted by Gasteiger charge is 2.14. The van der Waals surface area contributed by atoms with Crippen LogP contribution < -0.4 is 10.9 Å². The van der Waals surface area contributed by atoms with Crippen molar-refractivity contribution < 1.29 is 0 Å². The SMILES string of the molecule is CC(C)c1nc(CC2CCCCN2)cc(=O)[nH]1. The van der Waals surface area contributed by atoms with Crippen LogP contribution in [-0.4, -0.2) is 22.6 Å². The average Bonchev–Trinajstić information content (AvgIpc) is 2.29. The molecule has 1 aliphatic heterocycles. The van der Waals surface area contributed by atoms with Crippen LogP contribution in [0.25, 0.3) is 0 Å². The van der Waals surface area contributed by atoms with Gasteiger partial charge in [0.2, 0.25) is 0 Å². The second-order valence-electron chi connectivity index (χ2n) is 5.13. The second kappa shape index (κ2) is 5.45. The summed E-state index contributed by atoms with van der Waals surface area (Å²) in [4.78, 5) is 18.9. The van der Waals surface area contributed by atoms with E-state index in [0.717, 1.165) is 24.5 Å². The molecule has 1 unspecified atom stereocenters. The smallest absolute Gasteiger partial charge is 0.251 e. The summed E-state index contributed by atoms with van der Waals surface area (Å²) in [5.41, 5.74) is 0.881. The number of aromatic amines is 1. The summed E-state index contributed by atoms with van der Waals surface area (Å²) in [6, 6.07) is 2.11. The molecule has 4 nitrogen and oxygen atoms in total. The second-order valence-corrected chi connectivity index (χ2v) is 5.13. The molecule has 0 amide bonds. The summed E-state index contributed by atoms with van der Waals surface area (Å²) in [5.74, 6) is 1.06. The molecular weight excluding hydrogens is 214 g/mol. The number of rotatable bonds is 3. The van der Waals surface area contributed by atoms with Crippen molar-refractivity contribution in [1.82, 2.24) is 15.3 Å². The molecule has 4 heteroatoms. The topological polar surface area (TPSA) is 57.8 Å². The Bertz CT molecular complexity index is 419. The van der Waals surface area contributed by atoms with Crippen molar-refractivity contribution in [2.45, 2.75) is 51.5 Å². The van der Waals surface area contributed by atoms with Gasteiger partial charge in [-0.15, -0.1) is 0 Å². The Morgan fingerprint density at radius 3 is 2.94 bits per heavy atom. The Kier molecular flexibility index (Phi) is 3.94. The summed E-state index contributed by atoms with van der Waals surface area (Å²) in [6.45, 7) is 5.17. The Hall–Kier alpha value is -1.16. The van der Waals surface area contributed by atoms with Crippen LogP contribution in [0.5, 0.6) is 0 Å². The van der Waals surface area contributed by atoms with Crippen LogP contribution in [0.2, 0.25) is 0 Å². The largest absolute Gasteiger partial charge is 0.314 e. The predicted octanol–water partition coefficient (Wildman–Crippen LogP) is 1.58. The third kappa shape index (κ3) is 3.40. The Balaban J connectivity index is 2.11. The first kappa shape index (κ1) is 12.3. The number of hydrogen-bond acceptors (Lipinski definition) is 3. The highest BCUT2D eigenvalue weighted by molar-refractivity contribution is 5.07. The Morgan fingerprint density at radius 1 is 1.47 bits per heavy atom. The fourth-order valence-corrected chi connectivity index (χ4v) is 2.26. The van der Waals surface area contributed by atoms with Gasteiger partial charge >= 0.3 is 0 Å². The van der Waals surface area contributed by atoms with Crippen LogP contribution >= 0.6 is 0 Å². The summed E-state index contributed by atoms with van der Waals surface area (Å²) < 4.78 is 0. The van der Waals surface area contributed by atoms with Gasteiger partial charge in [0.05, 0.1) is 0 Å². The maximum Gasteiger partial charge on any atom is 0.251 e. The van der Waals surface area contributed by atoms with Gasteiger partial charge in [-0.3, -0.25) is 4.79 Å². The number of nitrogens with zero attached hydrogens (tertiary/aromatic N) is 1. The number of piperidine rings is 1. The van der Waals surface area contributed by atoms with Gasteiger partial charge in [0.1, 0.15) is 5.82 Å². The van der Waals surface area contributed by atoms with Crippen molar-refractivity contribution in [3.05, 3.63) is 27.9 Å². The minimum atomic E-state index is -0.0329. The first-order valence-corrected chi connectivity index (χ1v) is 6.48. The van der Waals surface area contributed by atoms with Gasteiger partial charge in [-0.2, -0.15) is 0 Å². The van der Waals surface area contributed by atoms with Crippen molar-refractivity contribution in [1.29, 1.82) is 0 Å². The Labute approximate surface area is 102 Å². The summed E-state index contributed by atoms with van der Waals surface area (Å²) >= 11 is 0. The van der Waals surface area contributed by atoms with Gasteiger partial charge in [-0.25, -0.2) is 4.98 Å². The van der Waals surface area contributed by atoms with Crippen LogP contribution in [0, 0.1) is 0 Å². The van der Waals surface area contributed by atoms with E-state index in [1.54, 1.807) is 6.07 Å². The van der Waals surface area contributed by atoms with E-state index in [1.165, 1.54) is 19.3 Å². The van der Waals surface area contributed by atoms with Gasteiger partial charge in [-0.05, 0) is 19.4 Å². The van der Waals surface area contributed by atoms with E-state index >= 15 is 0 Å². The molecule has 0 spiro atoms. The quantitative estimate of drug-likeness (QED) is 0.836. The molecule has 17 heavy (non-hydrogen) atoms. The molecule has 1 aromatic heterocycles. The van der Waals surface area contributed by atoms with E-state index in [0.29, 0.717) is 6.04 Å². The molecule has 1 fully saturated rings. The normalized spacial score (nSPS) is 20.8. The zero-order valence-corrected chi connectivity index (χ0v) is 10.6. The van der Waals surface area contributed by atoms with Gasteiger partial charge in [0.15, 0.2) is 0 Å². The van der Waals surface area contributed by atoms with Crippen LogP contribution in [0.1, 0.15) is 50.5 Å². The first-order chi connectivity index (χ1) is 8.15. The van der Waals surface area contributed by atoms with E-state index in [-0.39, 0.29) is 11.5 Å². The van der Waals surface area contributed by atoms with Crippen molar-refractivity contribution in [2.75, 3.05) is 6.54 Å². The molecule has 0 bridgehead atoms. The van der Waals surface area contributed by atoms with Crippen molar-refractivity contribution in [3.63, 3.8) is 0 Å². The lowest BCUT2D eigenvalue weighted by atomic mass is 10.0. The summed E-state index contributed by atoms with van der Waals surface area (Å²) in [5, 5.41) is 3.48. The molecular formula is C13H21N3O. The molecule has 1 saturated heterocycles. The summed E-state index contributed by atoms with van der Waals surface area (Å²) in [7, 11) is 0. The van der Waals surface area contributed by atoms with Crippen molar-refractivity contribution in [3.8, 4) is 0 Å². The molecule has 1 aliphatic rings. The van der Waals surface area contributed by atoms with E-state index in [2.05, 4.69) is 15.3 Å². The van der Waals surface area contributed by atoms with Gasteiger partial charge < -0.3 is 10.3 Å². The lowest BCUT2D eigenvalue weighted by Gasteiger charge is -2.23. The maximum absolute atomic E-state index is 11.5. The van der Waals surface area contributed by atoms with Crippen LogP contribution in [-0.2, 0) is 6.42 Å². The molecule has 0 radical (unpaired) electrons. The van der Waals surface area contributed by atoms with Crippen LogP contribution in [0.4, 0.5) is 0 Å². The van der Waals surface area contributed by atoms with Crippen LogP contribution in [0.15, 0.2) is 10.9 Å². The zero-order valence-electron chi connectivity index (χ0n) is 10.6. The molecule has 2 heterocycles. The average molecular weight is 235 g/mol.